The molecule has 0 spiro atoms. The summed E-state index contributed by atoms with van der Waals surface area (Å²) in [6, 6.07) is 5.94. The van der Waals surface area contributed by atoms with Crippen molar-refractivity contribution in [3.05, 3.63) is 33.8 Å². The van der Waals surface area contributed by atoms with E-state index in [1.807, 2.05) is 26.0 Å². The number of hydrogen-bond donors (Lipinski definition) is 0. The molecule has 2 aliphatic rings. The van der Waals surface area contributed by atoms with Gasteiger partial charge in [-0.2, -0.15) is 0 Å². The molecule has 0 aromatic heterocycles. The van der Waals surface area contributed by atoms with Gasteiger partial charge in [-0.3, -0.25) is 4.79 Å². The van der Waals surface area contributed by atoms with E-state index < -0.39 is 5.41 Å². The molecular weight excluding hydrogens is 365 g/mol. The first-order valence-corrected chi connectivity index (χ1v) is 10.5. The van der Waals surface area contributed by atoms with Gasteiger partial charge in [0.15, 0.2) is 0 Å². The molecule has 1 aliphatic heterocycles. The third-order valence-corrected chi connectivity index (χ3v) is 7.40. The van der Waals surface area contributed by atoms with E-state index in [0.29, 0.717) is 27.3 Å². The van der Waals surface area contributed by atoms with Crippen molar-refractivity contribution in [3.63, 3.8) is 0 Å². The van der Waals surface area contributed by atoms with Crippen molar-refractivity contribution in [1.82, 2.24) is 4.90 Å². The van der Waals surface area contributed by atoms with Gasteiger partial charge in [0.05, 0.1) is 21.5 Å². The van der Waals surface area contributed by atoms with Crippen molar-refractivity contribution in [2.24, 2.45) is 22.7 Å². The van der Waals surface area contributed by atoms with Crippen LogP contribution in [0.25, 0.3) is 0 Å². The molecule has 0 radical (unpaired) electrons. The van der Waals surface area contributed by atoms with Gasteiger partial charge < -0.3 is 4.90 Å². The Morgan fingerprint density at radius 1 is 1.15 bits per heavy atom. The summed E-state index contributed by atoms with van der Waals surface area (Å²) in [5, 5.41) is 1.13. The summed E-state index contributed by atoms with van der Waals surface area (Å²) in [5.74, 6) is 1.44. The first-order valence-electron chi connectivity index (χ1n) is 9.72. The van der Waals surface area contributed by atoms with Crippen molar-refractivity contribution in [3.8, 4) is 0 Å². The van der Waals surface area contributed by atoms with Crippen LogP contribution in [0.1, 0.15) is 72.4 Å². The summed E-state index contributed by atoms with van der Waals surface area (Å²) in [7, 11) is 0. The first-order chi connectivity index (χ1) is 12.0. The van der Waals surface area contributed by atoms with Crippen LogP contribution in [0.15, 0.2) is 18.2 Å². The minimum atomic E-state index is -0.446. The van der Waals surface area contributed by atoms with Crippen LogP contribution in [0.4, 0.5) is 0 Å². The topological polar surface area (TPSA) is 20.3 Å². The fraction of sp³-hybridized carbons (Fsp3) is 0.682. The van der Waals surface area contributed by atoms with Crippen LogP contribution in [-0.4, -0.2) is 16.8 Å². The minimum absolute atomic E-state index is 0.0171. The first kappa shape index (κ1) is 20.0. The molecule has 4 heteroatoms. The van der Waals surface area contributed by atoms with Crippen LogP contribution in [-0.2, 0) is 4.79 Å². The number of halogens is 2. The minimum Gasteiger partial charge on any atom is -0.331 e. The van der Waals surface area contributed by atoms with Crippen molar-refractivity contribution in [2.75, 3.05) is 0 Å². The van der Waals surface area contributed by atoms with Crippen LogP contribution in [0.5, 0.6) is 0 Å². The summed E-state index contributed by atoms with van der Waals surface area (Å²) in [6.45, 7) is 13.3. The van der Waals surface area contributed by atoms with Crippen molar-refractivity contribution in [1.29, 1.82) is 0 Å². The quantitative estimate of drug-likeness (QED) is 0.517. The summed E-state index contributed by atoms with van der Waals surface area (Å²) >= 11 is 12.8. The second kappa shape index (κ2) is 6.71. The largest absolute Gasteiger partial charge is 0.331 e. The molecule has 4 atom stereocenters. The number of nitrogens with zero attached hydrogens (tertiary/aromatic N) is 1. The van der Waals surface area contributed by atoms with Gasteiger partial charge in [-0.1, -0.05) is 56.1 Å². The van der Waals surface area contributed by atoms with E-state index in [1.54, 1.807) is 6.07 Å². The maximum Gasteiger partial charge on any atom is 0.231 e. The Labute approximate surface area is 168 Å². The highest BCUT2D eigenvalue weighted by Gasteiger charge is 2.58. The van der Waals surface area contributed by atoms with Gasteiger partial charge in [0.25, 0.3) is 0 Å². The number of hydrogen-bond acceptors (Lipinski definition) is 1. The Morgan fingerprint density at radius 3 is 2.42 bits per heavy atom. The number of rotatable bonds is 3. The fourth-order valence-corrected chi connectivity index (χ4v) is 5.96. The lowest BCUT2D eigenvalue weighted by molar-refractivity contribution is -0.177. The van der Waals surface area contributed by atoms with Gasteiger partial charge in [-0.25, -0.2) is 0 Å². The Bertz CT molecular complexity index is 712. The van der Waals surface area contributed by atoms with Gasteiger partial charge >= 0.3 is 0 Å². The summed E-state index contributed by atoms with van der Waals surface area (Å²) < 4.78 is 0. The third kappa shape index (κ3) is 3.29. The van der Waals surface area contributed by atoms with Crippen LogP contribution in [0.3, 0.4) is 0 Å². The molecule has 1 saturated heterocycles. The zero-order chi connectivity index (χ0) is 19.4. The third-order valence-electron chi connectivity index (χ3n) is 6.57. The highest BCUT2D eigenvalue weighted by atomic mass is 35.5. The van der Waals surface area contributed by atoms with E-state index in [0.717, 1.165) is 5.56 Å². The van der Waals surface area contributed by atoms with Crippen molar-refractivity contribution >= 4 is 29.1 Å². The lowest BCUT2D eigenvalue weighted by Gasteiger charge is -2.58. The number of carbonyl (C=O) groups is 1. The lowest BCUT2D eigenvalue weighted by atomic mass is 9.63. The van der Waals surface area contributed by atoms with Crippen molar-refractivity contribution in [2.45, 2.75) is 72.9 Å². The fourth-order valence-electron chi connectivity index (χ4n) is 5.55. The normalized spacial score (nSPS) is 31.5. The molecule has 1 aromatic carbocycles. The molecular formula is C22H31Cl2NO. The van der Waals surface area contributed by atoms with Gasteiger partial charge in [0.2, 0.25) is 5.91 Å². The smallest absolute Gasteiger partial charge is 0.231 e. The average molecular weight is 396 g/mol. The Kier molecular flexibility index (Phi) is 5.16. The van der Waals surface area contributed by atoms with Gasteiger partial charge in [0.1, 0.15) is 0 Å². The number of likely N-dealkylation sites (tertiary alicyclic amines) is 1. The SMILES string of the molecule is CC1CC([C@H](C)N2C(=O)C(C)(C)C2c2cccc(Cl)c2Cl)CC(C)(C)C1. The number of carbonyl (C=O) groups excluding carboxylic acids is 1. The maximum atomic E-state index is 13.0. The zero-order valence-corrected chi connectivity index (χ0v) is 18.3. The molecule has 1 saturated carbocycles. The number of β-lactam (4-membered cyclic amide) rings is 1. The summed E-state index contributed by atoms with van der Waals surface area (Å²) in [6.07, 6.45) is 3.61. The van der Waals surface area contributed by atoms with Crippen LogP contribution in [0.2, 0.25) is 10.0 Å². The number of benzene rings is 1. The van der Waals surface area contributed by atoms with Gasteiger partial charge in [-0.15, -0.1) is 0 Å². The van der Waals surface area contributed by atoms with Crippen LogP contribution < -0.4 is 0 Å². The van der Waals surface area contributed by atoms with E-state index in [-0.39, 0.29) is 18.0 Å². The Balaban J connectivity index is 1.92. The molecule has 1 amide bonds. The average Bonchev–Trinajstić information content (AvgIpc) is 2.52. The van der Waals surface area contributed by atoms with E-state index in [1.165, 1.54) is 19.3 Å². The van der Waals surface area contributed by atoms with Crippen molar-refractivity contribution < 1.29 is 4.79 Å². The number of amides is 1. The molecule has 0 N–H and O–H groups in total. The predicted octanol–water partition coefficient (Wildman–Crippen LogP) is 6.75. The van der Waals surface area contributed by atoms with Gasteiger partial charge in [-0.05, 0) is 68.9 Å². The molecule has 2 nitrogen and oxygen atoms in total. The standard InChI is InChI=1S/C22H31Cl2NO/c1-13-10-15(12-21(3,4)11-13)14(2)25-19(22(5,6)20(25)26)16-8-7-9-17(23)18(16)24/h7-9,13-15,19H,10-12H2,1-6H3/t13?,14-,15?,19?/m0/s1. The molecule has 144 valence electrons. The zero-order valence-electron chi connectivity index (χ0n) is 16.8. The molecule has 1 aliphatic carbocycles. The molecule has 2 fully saturated rings. The second-order valence-corrected chi connectivity index (χ2v) is 10.7. The Morgan fingerprint density at radius 2 is 1.81 bits per heavy atom. The monoisotopic (exact) mass is 395 g/mol. The van der Waals surface area contributed by atoms with E-state index in [9.17, 15) is 4.79 Å². The van der Waals surface area contributed by atoms with Crippen LogP contribution in [0, 0.1) is 22.7 Å². The predicted molar refractivity (Wildman–Crippen MR) is 110 cm³/mol. The molecule has 3 rings (SSSR count). The summed E-state index contributed by atoms with van der Waals surface area (Å²) in [4.78, 5) is 15.1. The molecule has 1 heterocycles. The van der Waals surface area contributed by atoms with Crippen LogP contribution >= 0.6 is 23.2 Å². The molecule has 1 aromatic rings. The highest BCUT2D eigenvalue weighted by molar-refractivity contribution is 6.42. The van der Waals surface area contributed by atoms with E-state index in [2.05, 4.69) is 32.6 Å². The second-order valence-electron chi connectivity index (χ2n) is 9.89. The van der Waals surface area contributed by atoms with E-state index in [4.69, 9.17) is 23.2 Å². The lowest BCUT2D eigenvalue weighted by Crippen LogP contribution is -2.65. The summed E-state index contributed by atoms with van der Waals surface area (Å²) in [5.41, 5.74) is 0.862. The maximum absolute atomic E-state index is 13.0. The van der Waals surface area contributed by atoms with Gasteiger partial charge in [0, 0.05) is 6.04 Å². The molecule has 26 heavy (non-hydrogen) atoms. The van der Waals surface area contributed by atoms with E-state index >= 15 is 0 Å². The molecule has 3 unspecified atom stereocenters. The highest BCUT2D eigenvalue weighted by Crippen LogP contribution is 2.55. The molecule has 0 bridgehead atoms. The Hall–Kier alpha value is -0.730.